The molecule has 2 atom stereocenters. The molecule has 0 spiro atoms. The van der Waals surface area contributed by atoms with Gasteiger partial charge in [-0.25, -0.2) is 0 Å². The van der Waals surface area contributed by atoms with Gasteiger partial charge in [-0.3, -0.25) is 9.58 Å². The second-order valence-electron chi connectivity index (χ2n) is 6.69. The normalized spacial score (nSPS) is 27.2. The molecule has 120 valence electrons. The van der Waals surface area contributed by atoms with Crippen LogP contribution in [0.2, 0.25) is 0 Å². The number of nitrogens with zero attached hydrogens (tertiary/aromatic N) is 3. The lowest BCUT2D eigenvalue weighted by Gasteiger charge is -2.48. The Morgan fingerprint density at radius 1 is 1.38 bits per heavy atom. The molecule has 0 saturated carbocycles. The van der Waals surface area contributed by atoms with Crippen LogP contribution in [0.5, 0.6) is 0 Å². The average molecular weight is 292 g/mol. The van der Waals surface area contributed by atoms with E-state index in [0.717, 1.165) is 31.9 Å². The molecule has 2 rings (SSSR count). The second kappa shape index (κ2) is 6.93. The number of aromatic nitrogens is 2. The van der Waals surface area contributed by atoms with E-state index < -0.39 is 0 Å². The monoisotopic (exact) mass is 292 g/mol. The van der Waals surface area contributed by atoms with Gasteiger partial charge in [-0.2, -0.15) is 5.10 Å². The maximum atomic E-state index is 4.60. The van der Waals surface area contributed by atoms with Gasteiger partial charge in [0.05, 0.1) is 11.4 Å². The van der Waals surface area contributed by atoms with Gasteiger partial charge in [0.2, 0.25) is 0 Å². The number of hydrogen-bond acceptors (Lipinski definition) is 3. The predicted octanol–water partition coefficient (Wildman–Crippen LogP) is 2.95. The van der Waals surface area contributed by atoms with Crippen LogP contribution in [-0.2, 0) is 13.1 Å². The van der Waals surface area contributed by atoms with E-state index in [1.54, 1.807) is 0 Å². The van der Waals surface area contributed by atoms with Crippen LogP contribution in [0, 0.1) is 6.92 Å². The molecule has 1 aromatic rings. The zero-order valence-corrected chi connectivity index (χ0v) is 14.4. The van der Waals surface area contributed by atoms with Crippen molar-refractivity contribution in [1.29, 1.82) is 0 Å². The van der Waals surface area contributed by atoms with E-state index >= 15 is 0 Å². The first-order valence-corrected chi connectivity index (χ1v) is 8.54. The van der Waals surface area contributed by atoms with Gasteiger partial charge in [0.1, 0.15) is 0 Å². The van der Waals surface area contributed by atoms with Gasteiger partial charge in [0.15, 0.2) is 0 Å². The summed E-state index contributed by atoms with van der Waals surface area (Å²) < 4.78 is 2.16. The Kier molecular flexibility index (Phi) is 5.44. The molecule has 0 bridgehead atoms. The fourth-order valence-electron chi connectivity index (χ4n) is 3.37. The van der Waals surface area contributed by atoms with E-state index in [-0.39, 0.29) is 5.54 Å². The Balaban J connectivity index is 2.15. The zero-order valence-electron chi connectivity index (χ0n) is 14.4. The molecule has 4 nitrogen and oxygen atoms in total. The highest BCUT2D eigenvalue weighted by Crippen LogP contribution is 2.26. The third-order valence-corrected chi connectivity index (χ3v) is 5.01. The Hall–Kier alpha value is -0.870. The van der Waals surface area contributed by atoms with E-state index in [1.165, 1.54) is 25.0 Å². The number of hydrogen-bond donors (Lipinski definition) is 1. The lowest BCUT2D eigenvalue weighted by Crippen LogP contribution is -2.62. The third kappa shape index (κ3) is 3.67. The fourth-order valence-corrected chi connectivity index (χ4v) is 3.37. The maximum absolute atomic E-state index is 4.60. The van der Waals surface area contributed by atoms with E-state index in [1.807, 2.05) is 0 Å². The summed E-state index contributed by atoms with van der Waals surface area (Å²) >= 11 is 0. The summed E-state index contributed by atoms with van der Waals surface area (Å²) in [5.41, 5.74) is 2.73. The van der Waals surface area contributed by atoms with Gasteiger partial charge in [-0.1, -0.05) is 20.3 Å². The summed E-state index contributed by atoms with van der Waals surface area (Å²) in [5.74, 6) is 0. The molecule has 1 aliphatic heterocycles. The molecule has 0 aliphatic carbocycles. The smallest absolute Gasteiger partial charge is 0.0597 e. The highest BCUT2D eigenvalue weighted by Gasteiger charge is 2.36. The lowest BCUT2D eigenvalue weighted by molar-refractivity contribution is 0.0374. The van der Waals surface area contributed by atoms with Gasteiger partial charge in [0, 0.05) is 37.8 Å². The third-order valence-electron chi connectivity index (χ3n) is 5.01. The molecular weight excluding hydrogens is 260 g/mol. The van der Waals surface area contributed by atoms with E-state index in [0.29, 0.717) is 6.04 Å². The van der Waals surface area contributed by atoms with Crippen molar-refractivity contribution in [2.45, 2.75) is 78.6 Å². The van der Waals surface area contributed by atoms with Crippen LogP contribution in [0.3, 0.4) is 0 Å². The Bertz CT molecular complexity index is 454. The summed E-state index contributed by atoms with van der Waals surface area (Å²) in [4.78, 5) is 2.67. The number of piperazine rings is 1. The first-order valence-electron chi connectivity index (χ1n) is 8.54. The molecule has 2 heterocycles. The number of rotatable bonds is 6. The van der Waals surface area contributed by atoms with Crippen LogP contribution in [0.15, 0.2) is 6.07 Å². The molecule has 0 aromatic carbocycles. The number of aryl methyl sites for hydroxylation is 2. The molecule has 1 aromatic heterocycles. The SMILES string of the molecule is CCCC1CN(Cc2cc(C)nn2CC)C(C)(CC)CN1. The minimum absolute atomic E-state index is 0.251. The van der Waals surface area contributed by atoms with Gasteiger partial charge < -0.3 is 5.32 Å². The fraction of sp³-hybridized carbons (Fsp3) is 0.824. The van der Waals surface area contributed by atoms with Crippen LogP contribution in [0.25, 0.3) is 0 Å². The van der Waals surface area contributed by atoms with Gasteiger partial charge in [0.25, 0.3) is 0 Å². The molecule has 0 amide bonds. The van der Waals surface area contributed by atoms with E-state index in [4.69, 9.17) is 0 Å². The second-order valence-corrected chi connectivity index (χ2v) is 6.69. The largest absolute Gasteiger partial charge is 0.311 e. The van der Waals surface area contributed by atoms with Crippen molar-refractivity contribution in [3.05, 3.63) is 17.5 Å². The standard InChI is InChI=1S/C17H32N4/c1-6-9-15-11-20(17(5,7-2)13-18-15)12-16-10-14(4)19-21(16)8-3/h10,15,18H,6-9,11-13H2,1-5H3. The van der Waals surface area contributed by atoms with Crippen molar-refractivity contribution in [3.63, 3.8) is 0 Å². The van der Waals surface area contributed by atoms with Crippen LogP contribution >= 0.6 is 0 Å². The quantitative estimate of drug-likeness (QED) is 0.875. The minimum Gasteiger partial charge on any atom is -0.311 e. The van der Waals surface area contributed by atoms with Gasteiger partial charge in [-0.15, -0.1) is 0 Å². The van der Waals surface area contributed by atoms with Crippen molar-refractivity contribution in [3.8, 4) is 0 Å². The van der Waals surface area contributed by atoms with Crippen molar-refractivity contribution >= 4 is 0 Å². The van der Waals surface area contributed by atoms with Crippen LogP contribution in [0.4, 0.5) is 0 Å². The molecular formula is C17H32N4. The lowest BCUT2D eigenvalue weighted by atomic mass is 9.91. The van der Waals surface area contributed by atoms with Crippen molar-refractivity contribution in [2.75, 3.05) is 13.1 Å². The summed E-state index contributed by atoms with van der Waals surface area (Å²) in [6, 6.07) is 2.88. The molecule has 1 N–H and O–H groups in total. The van der Waals surface area contributed by atoms with Crippen molar-refractivity contribution in [2.24, 2.45) is 0 Å². The first-order chi connectivity index (χ1) is 10.0. The zero-order chi connectivity index (χ0) is 15.5. The van der Waals surface area contributed by atoms with E-state index in [9.17, 15) is 0 Å². The van der Waals surface area contributed by atoms with Crippen LogP contribution in [0.1, 0.15) is 58.3 Å². The van der Waals surface area contributed by atoms with Gasteiger partial charge >= 0.3 is 0 Å². The van der Waals surface area contributed by atoms with Crippen molar-refractivity contribution in [1.82, 2.24) is 20.0 Å². The summed E-state index contributed by atoms with van der Waals surface area (Å²) in [6.07, 6.45) is 3.70. The predicted molar refractivity (Wildman–Crippen MR) is 88.4 cm³/mol. The average Bonchev–Trinajstić information content (AvgIpc) is 2.83. The highest BCUT2D eigenvalue weighted by atomic mass is 15.3. The summed E-state index contributed by atoms with van der Waals surface area (Å²) in [7, 11) is 0. The maximum Gasteiger partial charge on any atom is 0.0597 e. The molecule has 2 unspecified atom stereocenters. The van der Waals surface area contributed by atoms with E-state index in [2.05, 4.69) is 60.7 Å². The first kappa shape index (κ1) is 16.5. The highest BCUT2D eigenvalue weighted by molar-refractivity contribution is 5.10. The Labute approximate surface area is 129 Å². The topological polar surface area (TPSA) is 33.1 Å². The Morgan fingerprint density at radius 3 is 2.76 bits per heavy atom. The molecule has 0 radical (unpaired) electrons. The molecule has 1 fully saturated rings. The molecule has 4 heteroatoms. The molecule has 1 saturated heterocycles. The van der Waals surface area contributed by atoms with Gasteiger partial charge in [-0.05, 0) is 39.7 Å². The number of nitrogens with one attached hydrogen (secondary N) is 1. The van der Waals surface area contributed by atoms with Crippen molar-refractivity contribution < 1.29 is 0 Å². The van der Waals surface area contributed by atoms with Crippen LogP contribution < -0.4 is 5.32 Å². The molecule has 21 heavy (non-hydrogen) atoms. The Morgan fingerprint density at radius 2 is 2.14 bits per heavy atom. The molecule has 1 aliphatic rings. The summed E-state index contributed by atoms with van der Waals surface area (Å²) in [6.45, 7) is 15.4. The summed E-state index contributed by atoms with van der Waals surface area (Å²) in [5, 5.41) is 8.34. The van der Waals surface area contributed by atoms with Crippen LogP contribution in [-0.4, -0.2) is 39.4 Å². The minimum atomic E-state index is 0.251.